The third-order valence-electron chi connectivity index (χ3n) is 11.2. The molecule has 0 unspecified atom stereocenters. The first-order valence-electron chi connectivity index (χ1n) is 22.4. The molecule has 0 aromatic heterocycles. The van der Waals surface area contributed by atoms with Crippen LogP contribution in [-0.4, -0.2) is 69.9 Å². The van der Waals surface area contributed by atoms with Crippen LogP contribution < -0.4 is 27.0 Å². The Kier molecular flexibility index (Phi) is 23.5. The van der Waals surface area contributed by atoms with Gasteiger partial charge in [0.15, 0.2) is 0 Å². The fourth-order valence-corrected chi connectivity index (χ4v) is 7.29. The number of unbranched alkanes of at least 4 members (excludes halogenated alkanes) is 11. The normalized spacial score (nSPS) is 13.5. The smallest absolute Gasteiger partial charge is 0.326 e. The number of carboxylic acids is 1. The highest BCUT2D eigenvalue weighted by molar-refractivity contribution is 5.92. The number of nitrogens with two attached hydrogens (primary N) is 1. The summed E-state index contributed by atoms with van der Waals surface area (Å²) in [4.78, 5) is 76.5. The van der Waals surface area contributed by atoms with E-state index in [1.165, 1.54) is 12.1 Å². The molecule has 62 heavy (non-hydrogen) atoms. The van der Waals surface area contributed by atoms with E-state index in [0.29, 0.717) is 24.8 Å². The standard InChI is InChI=1S/C49H69N5O8/c1-3-35(2)45(48(60)52-40(46(50)58)32-36-22-16-14-17-23-36)54-44(57)27-21-13-11-9-7-5-4-6-8-10-12-20-26-43(56)51-41(33-38-28-30-39(55)31-29-38)47(59)53-42(49(61)62)34-37-24-18-15-19-25-37/h14-19,22-25,28-31,35,40-42,45,55H,3-13,20-21,26-27,32-34H2,1-2H3,(H2,50,58)(H,51,56)(H,52,60)(H,53,59)(H,54,57)(H,61,62)/t35-,40-,41-,42-,45-/m0/s1. The molecule has 8 N–H and O–H groups in total. The van der Waals surface area contributed by atoms with E-state index in [2.05, 4.69) is 21.3 Å². The molecule has 13 heteroatoms. The van der Waals surface area contributed by atoms with Gasteiger partial charge in [-0.05, 0) is 47.6 Å². The Morgan fingerprint density at radius 2 is 0.919 bits per heavy atom. The molecule has 0 spiro atoms. The van der Waals surface area contributed by atoms with Crippen molar-refractivity contribution in [3.63, 3.8) is 0 Å². The summed E-state index contributed by atoms with van der Waals surface area (Å²) in [6, 6.07) is 20.9. The van der Waals surface area contributed by atoms with Crippen LogP contribution in [0, 0.1) is 5.92 Å². The van der Waals surface area contributed by atoms with Gasteiger partial charge in [0.05, 0.1) is 0 Å². The van der Waals surface area contributed by atoms with Crippen LogP contribution in [0.4, 0.5) is 0 Å². The Morgan fingerprint density at radius 1 is 0.516 bits per heavy atom. The van der Waals surface area contributed by atoms with E-state index in [4.69, 9.17) is 5.73 Å². The SMILES string of the molecule is CC[C@H](C)[C@H](NC(=O)CCCCCCCCCCCCCCC(=O)N[C@@H](Cc1ccc(O)cc1)C(=O)N[C@@H](Cc1ccccc1)C(=O)O)C(=O)N[C@@H](Cc1ccccc1)C(N)=O. The molecule has 0 aliphatic carbocycles. The van der Waals surface area contributed by atoms with Gasteiger partial charge >= 0.3 is 5.97 Å². The van der Waals surface area contributed by atoms with E-state index in [0.717, 1.165) is 81.8 Å². The van der Waals surface area contributed by atoms with Crippen LogP contribution in [0.1, 0.15) is 127 Å². The van der Waals surface area contributed by atoms with Crippen LogP contribution in [0.15, 0.2) is 84.9 Å². The highest BCUT2D eigenvalue weighted by Gasteiger charge is 2.30. The largest absolute Gasteiger partial charge is 0.508 e. The monoisotopic (exact) mass is 856 g/mol. The second-order valence-corrected chi connectivity index (χ2v) is 16.4. The molecule has 3 aromatic rings. The summed E-state index contributed by atoms with van der Waals surface area (Å²) in [6.07, 6.45) is 13.8. The number of carbonyl (C=O) groups excluding carboxylic acids is 5. The van der Waals surface area contributed by atoms with Crippen molar-refractivity contribution in [3.8, 4) is 5.75 Å². The zero-order valence-corrected chi connectivity index (χ0v) is 36.6. The lowest BCUT2D eigenvalue weighted by Crippen LogP contribution is -2.55. The van der Waals surface area contributed by atoms with Gasteiger partial charge in [-0.2, -0.15) is 0 Å². The molecule has 13 nitrogen and oxygen atoms in total. The van der Waals surface area contributed by atoms with Gasteiger partial charge in [-0.1, -0.05) is 157 Å². The molecule has 0 radical (unpaired) electrons. The third-order valence-corrected chi connectivity index (χ3v) is 11.2. The number of phenolic OH excluding ortho intramolecular Hbond substituents is 1. The van der Waals surface area contributed by atoms with Gasteiger partial charge in [0.2, 0.25) is 29.5 Å². The van der Waals surface area contributed by atoms with Gasteiger partial charge in [0, 0.05) is 32.1 Å². The lowest BCUT2D eigenvalue weighted by Gasteiger charge is -2.26. The number of phenols is 1. The summed E-state index contributed by atoms with van der Waals surface area (Å²) < 4.78 is 0. The Balaban J connectivity index is 1.27. The predicted octanol–water partition coefficient (Wildman–Crippen LogP) is 6.44. The summed E-state index contributed by atoms with van der Waals surface area (Å²) in [5.74, 6) is -3.25. The fraction of sp³-hybridized carbons (Fsp3) is 0.510. The number of amides is 5. The zero-order valence-electron chi connectivity index (χ0n) is 36.6. The molecule has 0 saturated carbocycles. The number of hydrogen-bond acceptors (Lipinski definition) is 7. The molecule has 0 bridgehead atoms. The first-order chi connectivity index (χ1) is 29.9. The quantitative estimate of drug-likeness (QED) is 0.0357. The lowest BCUT2D eigenvalue weighted by atomic mass is 9.97. The maximum absolute atomic E-state index is 13.3. The molecule has 0 aliphatic rings. The predicted molar refractivity (Wildman–Crippen MR) is 241 cm³/mol. The van der Waals surface area contributed by atoms with Crippen molar-refractivity contribution < 1.29 is 39.0 Å². The summed E-state index contributed by atoms with van der Waals surface area (Å²) in [6.45, 7) is 3.86. The van der Waals surface area contributed by atoms with Crippen molar-refractivity contribution in [2.24, 2.45) is 11.7 Å². The maximum Gasteiger partial charge on any atom is 0.326 e. The van der Waals surface area contributed by atoms with Crippen LogP contribution in [0.5, 0.6) is 5.75 Å². The van der Waals surface area contributed by atoms with Crippen molar-refractivity contribution >= 4 is 35.5 Å². The number of primary amides is 1. The number of carbonyl (C=O) groups is 6. The number of nitrogens with one attached hydrogen (secondary N) is 4. The molecule has 3 aromatic carbocycles. The summed E-state index contributed by atoms with van der Waals surface area (Å²) in [5.41, 5.74) is 7.96. The number of carboxylic acid groups (broad SMARTS) is 1. The highest BCUT2D eigenvalue weighted by atomic mass is 16.4. The van der Waals surface area contributed by atoms with E-state index in [1.54, 1.807) is 36.4 Å². The van der Waals surface area contributed by atoms with Gasteiger partial charge in [-0.15, -0.1) is 0 Å². The van der Waals surface area contributed by atoms with Crippen molar-refractivity contribution in [1.82, 2.24) is 21.3 Å². The number of aromatic hydroxyl groups is 1. The molecular formula is C49H69N5O8. The van der Waals surface area contributed by atoms with Gasteiger partial charge < -0.3 is 37.2 Å². The molecule has 338 valence electrons. The van der Waals surface area contributed by atoms with Crippen LogP contribution in [0.2, 0.25) is 0 Å². The van der Waals surface area contributed by atoms with Gasteiger partial charge in [-0.3, -0.25) is 24.0 Å². The summed E-state index contributed by atoms with van der Waals surface area (Å²) in [7, 11) is 0. The van der Waals surface area contributed by atoms with Gasteiger partial charge in [-0.25, -0.2) is 4.79 Å². The minimum atomic E-state index is -1.17. The Labute approximate surface area is 367 Å². The molecule has 5 atom stereocenters. The van der Waals surface area contributed by atoms with Crippen LogP contribution >= 0.6 is 0 Å². The maximum atomic E-state index is 13.3. The topological polar surface area (TPSA) is 217 Å². The van der Waals surface area contributed by atoms with Crippen molar-refractivity contribution in [2.45, 2.75) is 154 Å². The van der Waals surface area contributed by atoms with Crippen LogP contribution in [0.25, 0.3) is 0 Å². The molecule has 0 heterocycles. The van der Waals surface area contributed by atoms with Gasteiger partial charge in [0.25, 0.3) is 0 Å². The van der Waals surface area contributed by atoms with Gasteiger partial charge in [0.1, 0.15) is 29.9 Å². The second kappa shape index (κ2) is 28.7. The van der Waals surface area contributed by atoms with Crippen LogP contribution in [0.3, 0.4) is 0 Å². The number of aliphatic carboxylic acids is 1. The molecular weight excluding hydrogens is 787 g/mol. The Morgan fingerprint density at radius 3 is 1.37 bits per heavy atom. The van der Waals surface area contributed by atoms with E-state index in [9.17, 15) is 39.0 Å². The van der Waals surface area contributed by atoms with E-state index < -0.39 is 47.9 Å². The average Bonchev–Trinajstić information content (AvgIpc) is 3.25. The number of rotatable bonds is 31. The molecule has 0 fully saturated rings. The molecule has 5 amide bonds. The second-order valence-electron chi connectivity index (χ2n) is 16.4. The van der Waals surface area contributed by atoms with Crippen molar-refractivity contribution in [3.05, 3.63) is 102 Å². The fourth-order valence-electron chi connectivity index (χ4n) is 7.29. The minimum Gasteiger partial charge on any atom is -0.508 e. The lowest BCUT2D eigenvalue weighted by molar-refractivity contribution is -0.142. The Bertz CT molecular complexity index is 1810. The molecule has 0 aliphatic heterocycles. The first kappa shape index (κ1) is 50.6. The zero-order chi connectivity index (χ0) is 45.1. The first-order valence-corrected chi connectivity index (χ1v) is 22.4. The van der Waals surface area contributed by atoms with Crippen molar-refractivity contribution in [1.29, 1.82) is 0 Å². The molecule has 0 saturated heterocycles. The summed E-state index contributed by atoms with van der Waals surface area (Å²) >= 11 is 0. The average molecular weight is 856 g/mol. The van der Waals surface area contributed by atoms with E-state index >= 15 is 0 Å². The Hall–Kier alpha value is -5.72. The van der Waals surface area contributed by atoms with Crippen molar-refractivity contribution in [2.75, 3.05) is 0 Å². The summed E-state index contributed by atoms with van der Waals surface area (Å²) in [5, 5.41) is 30.6. The van der Waals surface area contributed by atoms with E-state index in [-0.39, 0.29) is 49.2 Å². The molecule has 3 rings (SSSR count). The van der Waals surface area contributed by atoms with E-state index in [1.807, 2.05) is 50.2 Å². The number of benzene rings is 3. The third kappa shape index (κ3) is 20.2. The minimum absolute atomic E-state index is 0.0788. The van der Waals surface area contributed by atoms with Crippen LogP contribution in [-0.2, 0) is 48.0 Å². The highest BCUT2D eigenvalue weighted by Crippen LogP contribution is 2.16. The number of hydrogen-bond donors (Lipinski definition) is 7.